The molecule has 1 aromatic rings. The first kappa shape index (κ1) is 16.0. The van der Waals surface area contributed by atoms with Gasteiger partial charge in [-0.3, -0.25) is 4.79 Å². The molecule has 6 heteroatoms. The van der Waals surface area contributed by atoms with Gasteiger partial charge in [-0.05, 0) is 44.5 Å². The quantitative estimate of drug-likeness (QED) is 0.908. The highest BCUT2D eigenvalue weighted by molar-refractivity contribution is 7.90. The summed E-state index contributed by atoms with van der Waals surface area (Å²) in [5.41, 5.74) is 1.29. The molecule has 116 valence electrons. The molecule has 1 amide bonds. The molecule has 0 aliphatic carbocycles. The number of aryl methyl sites for hydroxylation is 1. The van der Waals surface area contributed by atoms with Crippen molar-refractivity contribution >= 4 is 15.7 Å². The van der Waals surface area contributed by atoms with Gasteiger partial charge in [0.05, 0.1) is 4.90 Å². The number of amides is 1. The van der Waals surface area contributed by atoms with Gasteiger partial charge in [-0.25, -0.2) is 8.42 Å². The van der Waals surface area contributed by atoms with Gasteiger partial charge >= 0.3 is 0 Å². The lowest BCUT2D eigenvalue weighted by Crippen LogP contribution is -2.41. The van der Waals surface area contributed by atoms with Gasteiger partial charge in [-0.15, -0.1) is 0 Å². The fourth-order valence-electron chi connectivity index (χ4n) is 2.77. The Bertz CT molecular complexity index is 640. The Kier molecular flexibility index (Phi) is 4.68. The molecule has 1 fully saturated rings. The van der Waals surface area contributed by atoms with Gasteiger partial charge in [-0.1, -0.05) is 6.07 Å². The highest BCUT2D eigenvalue weighted by Gasteiger charge is 2.29. The van der Waals surface area contributed by atoms with E-state index in [1.165, 1.54) is 6.07 Å². The molecule has 0 radical (unpaired) electrons. The van der Waals surface area contributed by atoms with Gasteiger partial charge in [0.15, 0.2) is 9.84 Å². The van der Waals surface area contributed by atoms with Crippen LogP contribution in [0.4, 0.5) is 0 Å². The van der Waals surface area contributed by atoms with Crippen LogP contribution in [-0.2, 0) is 9.84 Å². The minimum Gasteiger partial charge on any atom is -0.334 e. The van der Waals surface area contributed by atoms with Crippen LogP contribution in [0, 0.1) is 6.92 Å². The Morgan fingerprint density at radius 3 is 2.76 bits per heavy atom. The lowest BCUT2D eigenvalue weighted by molar-refractivity contribution is 0.0736. The zero-order valence-corrected chi connectivity index (χ0v) is 13.5. The van der Waals surface area contributed by atoms with E-state index in [-0.39, 0.29) is 16.8 Å². The minimum absolute atomic E-state index is 0.0734. The topological polar surface area (TPSA) is 66.5 Å². The molecule has 1 N–H and O–H groups in total. The Morgan fingerprint density at radius 2 is 2.14 bits per heavy atom. The summed E-state index contributed by atoms with van der Waals surface area (Å²) in [7, 11) is -1.43. The number of nitrogens with zero attached hydrogens (tertiary/aromatic N) is 1. The van der Waals surface area contributed by atoms with Crippen LogP contribution in [0.3, 0.4) is 0 Å². The maximum absolute atomic E-state index is 12.7. The van der Waals surface area contributed by atoms with Crippen LogP contribution in [0.15, 0.2) is 23.1 Å². The van der Waals surface area contributed by atoms with Gasteiger partial charge < -0.3 is 10.2 Å². The summed E-state index contributed by atoms with van der Waals surface area (Å²) in [6, 6.07) is 4.94. The first-order valence-corrected chi connectivity index (χ1v) is 9.00. The molecular formula is C15H22N2O3S. The number of carbonyl (C=O) groups is 1. The summed E-state index contributed by atoms with van der Waals surface area (Å²) in [5, 5.41) is 3.11. The van der Waals surface area contributed by atoms with Crippen molar-refractivity contribution in [1.29, 1.82) is 0 Å². The lowest BCUT2D eigenvalue weighted by Gasteiger charge is -2.25. The molecule has 21 heavy (non-hydrogen) atoms. The lowest BCUT2D eigenvalue weighted by atomic mass is 10.1. The molecule has 1 saturated heterocycles. The number of likely N-dealkylation sites (N-methyl/N-ethyl adjacent to an activating group) is 1. The van der Waals surface area contributed by atoms with Crippen LogP contribution >= 0.6 is 0 Å². The van der Waals surface area contributed by atoms with Crippen molar-refractivity contribution in [3.8, 4) is 0 Å². The third-order valence-electron chi connectivity index (χ3n) is 3.95. The smallest absolute Gasteiger partial charge is 0.254 e. The zero-order valence-electron chi connectivity index (χ0n) is 12.7. The van der Waals surface area contributed by atoms with E-state index < -0.39 is 9.84 Å². The standard InChI is InChI=1S/C15H22N2O3S/c1-11-6-7-13(21(3,19)20)9-14(11)15(18)17-8-4-5-12(17)10-16-2/h6-7,9,12,16H,4-5,8,10H2,1-3H3/t12-/m0/s1. The second-order valence-corrected chi connectivity index (χ2v) is 7.62. The first-order valence-electron chi connectivity index (χ1n) is 7.11. The fourth-order valence-corrected chi connectivity index (χ4v) is 3.41. The molecule has 1 aromatic carbocycles. The van der Waals surface area contributed by atoms with E-state index in [0.29, 0.717) is 5.56 Å². The number of rotatable bonds is 4. The van der Waals surface area contributed by atoms with Crippen LogP contribution in [0.25, 0.3) is 0 Å². The van der Waals surface area contributed by atoms with Crippen LogP contribution in [0.1, 0.15) is 28.8 Å². The molecule has 1 atom stereocenters. The van der Waals surface area contributed by atoms with E-state index in [1.54, 1.807) is 12.1 Å². The first-order chi connectivity index (χ1) is 9.84. The van der Waals surface area contributed by atoms with Crippen LogP contribution in [0.2, 0.25) is 0 Å². The molecular weight excluding hydrogens is 288 g/mol. The third kappa shape index (κ3) is 3.44. The number of likely N-dealkylation sites (tertiary alicyclic amines) is 1. The number of carbonyl (C=O) groups excluding carboxylic acids is 1. The van der Waals surface area contributed by atoms with Crippen LogP contribution in [0.5, 0.6) is 0 Å². The van der Waals surface area contributed by atoms with Crippen molar-refractivity contribution in [2.24, 2.45) is 0 Å². The summed E-state index contributed by atoms with van der Waals surface area (Å²) in [6.45, 7) is 3.33. The monoisotopic (exact) mass is 310 g/mol. The summed E-state index contributed by atoms with van der Waals surface area (Å²) < 4.78 is 23.3. The van der Waals surface area contributed by atoms with E-state index in [4.69, 9.17) is 0 Å². The zero-order chi connectivity index (χ0) is 15.6. The number of sulfone groups is 1. The molecule has 1 aliphatic heterocycles. The van der Waals surface area contributed by atoms with E-state index >= 15 is 0 Å². The molecule has 0 saturated carbocycles. The van der Waals surface area contributed by atoms with E-state index in [0.717, 1.165) is 37.8 Å². The van der Waals surface area contributed by atoms with Crippen molar-refractivity contribution in [3.05, 3.63) is 29.3 Å². The van der Waals surface area contributed by atoms with E-state index in [2.05, 4.69) is 5.32 Å². The predicted molar refractivity (Wildman–Crippen MR) is 82.3 cm³/mol. The van der Waals surface area contributed by atoms with Crippen LogP contribution in [-0.4, -0.2) is 51.7 Å². The van der Waals surface area contributed by atoms with Crippen LogP contribution < -0.4 is 5.32 Å². The maximum Gasteiger partial charge on any atom is 0.254 e. The average molecular weight is 310 g/mol. The second kappa shape index (κ2) is 6.15. The molecule has 2 rings (SSSR count). The highest BCUT2D eigenvalue weighted by atomic mass is 32.2. The number of nitrogens with one attached hydrogen (secondary N) is 1. The summed E-state index contributed by atoms with van der Waals surface area (Å²) in [6.07, 6.45) is 3.13. The Labute approximate surface area is 126 Å². The normalized spacial score (nSPS) is 19.0. The summed E-state index contributed by atoms with van der Waals surface area (Å²) in [4.78, 5) is 14.8. The third-order valence-corrected chi connectivity index (χ3v) is 5.06. The van der Waals surface area contributed by atoms with Gasteiger partial charge in [0.1, 0.15) is 0 Å². The van der Waals surface area contributed by atoms with E-state index in [9.17, 15) is 13.2 Å². The second-order valence-electron chi connectivity index (χ2n) is 5.60. The Morgan fingerprint density at radius 1 is 1.43 bits per heavy atom. The highest BCUT2D eigenvalue weighted by Crippen LogP contribution is 2.23. The minimum atomic E-state index is -3.31. The van der Waals surface area contributed by atoms with Crippen molar-refractivity contribution in [2.45, 2.75) is 30.7 Å². The van der Waals surface area contributed by atoms with Gasteiger partial charge in [-0.2, -0.15) is 0 Å². The number of hydrogen-bond acceptors (Lipinski definition) is 4. The number of hydrogen-bond donors (Lipinski definition) is 1. The summed E-state index contributed by atoms with van der Waals surface area (Å²) in [5.74, 6) is -0.0734. The van der Waals surface area contributed by atoms with Crippen molar-refractivity contribution in [2.75, 3.05) is 26.4 Å². The molecule has 1 aliphatic rings. The van der Waals surface area contributed by atoms with Gasteiger partial charge in [0.2, 0.25) is 0 Å². The molecule has 0 aromatic heterocycles. The number of benzene rings is 1. The largest absolute Gasteiger partial charge is 0.334 e. The van der Waals surface area contributed by atoms with E-state index in [1.807, 2.05) is 18.9 Å². The van der Waals surface area contributed by atoms with Gasteiger partial charge in [0.25, 0.3) is 5.91 Å². The Balaban J connectivity index is 2.34. The molecule has 0 bridgehead atoms. The molecule has 5 nitrogen and oxygen atoms in total. The van der Waals surface area contributed by atoms with Gasteiger partial charge in [0, 0.05) is 31.0 Å². The molecule has 0 spiro atoms. The van der Waals surface area contributed by atoms with Crippen molar-refractivity contribution < 1.29 is 13.2 Å². The van der Waals surface area contributed by atoms with Crippen molar-refractivity contribution in [3.63, 3.8) is 0 Å². The maximum atomic E-state index is 12.7. The molecule has 0 unspecified atom stereocenters. The Hall–Kier alpha value is -1.40. The molecule has 1 heterocycles. The van der Waals surface area contributed by atoms with Crippen molar-refractivity contribution in [1.82, 2.24) is 10.2 Å². The summed E-state index contributed by atoms with van der Waals surface area (Å²) >= 11 is 0. The predicted octanol–water partition coefficient (Wildman–Crippen LogP) is 1.22. The SMILES string of the molecule is CNC[C@@H]1CCCN1C(=O)c1cc(S(C)(=O)=O)ccc1C. The average Bonchev–Trinajstić information content (AvgIpc) is 2.86. The fraction of sp³-hybridized carbons (Fsp3) is 0.533.